The van der Waals surface area contributed by atoms with Crippen LogP contribution < -0.4 is 0 Å². The monoisotopic (exact) mass is 170 g/mol. The standard InChI is InChI=1S/C8H10S2/c1-8(2)5-7-6(10-8)3-4-9-7/h3-4H,5H2,1-2H3. The molecular formula is C8H10S2. The van der Waals surface area contributed by atoms with Crippen LogP contribution in [0.5, 0.6) is 0 Å². The molecule has 0 spiro atoms. The molecule has 10 heavy (non-hydrogen) atoms. The van der Waals surface area contributed by atoms with E-state index >= 15 is 0 Å². The number of hydrogen-bond acceptors (Lipinski definition) is 2. The molecule has 0 aromatic carbocycles. The average molecular weight is 170 g/mol. The largest absolute Gasteiger partial charge is 0.148 e. The summed E-state index contributed by atoms with van der Waals surface area (Å²) in [5.74, 6) is 0. The van der Waals surface area contributed by atoms with E-state index in [1.807, 2.05) is 23.1 Å². The predicted molar refractivity (Wildman–Crippen MR) is 48.0 cm³/mol. The average Bonchev–Trinajstić information content (AvgIpc) is 2.20. The van der Waals surface area contributed by atoms with Crippen LogP contribution in [0.4, 0.5) is 0 Å². The zero-order chi connectivity index (χ0) is 7.19. The molecule has 0 fully saturated rings. The van der Waals surface area contributed by atoms with Crippen molar-refractivity contribution in [3.05, 3.63) is 16.3 Å². The summed E-state index contributed by atoms with van der Waals surface area (Å²) in [6, 6.07) is 2.24. The summed E-state index contributed by atoms with van der Waals surface area (Å²) >= 11 is 3.90. The van der Waals surface area contributed by atoms with Gasteiger partial charge < -0.3 is 0 Å². The zero-order valence-corrected chi connectivity index (χ0v) is 7.81. The maximum absolute atomic E-state index is 2.31. The molecule has 0 nitrogen and oxygen atoms in total. The molecule has 1 aromatic heterocycles. The summed E-state index contributed by atoms with van der Waals surface area (Å²) < 4.78 is 0.461. The second-order valence-corrected chi connectivity index (χ2v) is 6.00. The molecular weight excluding hydrogens is 160 g/mol. The molecule has 0 N–H and O–H groups in total. The molecule has 1 aliphatic rings. The minimum absolute atomic E-state index is 0.461. The predicted octanol–water partition coefficient (Wildman–Crippen LogP) is 3.17. The summed E-state index contributed by atoms with van der Waals surface area (Å²) in [6.45, 7) is 4.62. The van der Waals surface area contributed by atoms with Gasteiger partial charge in [-0.15, -0.1) is 23.1 Å². The van der Waals surface area contributed by atoms with Crippen molar-refractivity contribution in [2.75, 3.05) is 0 Å². The quantitative estimate of drug-likeness (QED) is 0.576. The zero-order valence-electron chi connectivity index (χ0n) is 6.18. The van der Waals surface area contributed by atoms with Gasteiger partial charge in [0, 0.05) is 14.5 Å². The number of rotatable bonds is 0. The maximum atomic E-state index is 2.31. The third-order valence-corrected chi connectivity index (χ3v) is 4.03. The summed E-state index contributed by atoms with van der Waals surface area (Å²) in [5, 5.41) is 2.19. The Morgan fingerprint density at radius 2 is 2.30 bits per heavy atom. The third-order valence-electron chi connectivity index (χ3n) is 1.68. The number of thiophene rings is 1. The van der Waals surface area contributed by atoms with Gasteiger partial charge in [0.2, 0.25) is 0 Å². The van der Waals surface area contributed by atoms with Gasteiger partial charge in [-0.25, -0.2) is 0 Å². The van der Waals surface area contributed by atoms with E-state index < -0.39 is 0 Å². The van der Waals surface area contributed by atoms with E-state index in [1.54, 1.807) is 4.88 Å². The summed E-state index contributed by atoms with van der Waals surface area (Å²) in [7, 11) is 0. The lowest BCUT2D eigenvalue weighted by molar-refractivity contribution is 0.731. The molecule has 1 aromatic rings. The SMILES string of the molecule is CC1(C)Cc2sccc2S1. The van der Waals surface area contributed by atoms with Crippen LogP contribution in [0.1, 0.15) is 18.7 Å². The van der Waals surface area contributed by atoms with Gasteiger partial charge in [0.15, 0.2) is 0 Å². The van der Waals surface area contributed by atoms with Crippen LogP contribution in [0.25, 0.3) is 0 Å². The molecule has 0 unspecified atom stereocenters. The highest BCUT2D eigenvalue weighted by atomic mass is 32.2. The van der Waals surface area contributed by atoms with Gasteiger partial charge in [0.1, 0.15) is 0 Å². The molecule has 2 rings (SSSR count). The third kappa shape index (κ3) is 0.995. The fourth-order valence-electron chi connectivity index (χ4n) is 1.27. The van der Waals surface area contributed by atoms with E-state index in [0.29, 0.717) is 4.75 Å². The van der Waals surface area contributed by atoms with Crippen molar-refractivity contribution in [1.82, 2.24) is 0 Å². The van der Waals surface area contributed by atoms with Crippen molar-refractivity contribution >= 4 is 23.1 Å². The Morgan fingerprint density at radius 3 is 3.00 bits per heavy atom. The van der Waals surface area contributed by atoms with Gasteiger partial charge >= 0.3 is 0 Å². The van der Waals surface area contributed by atoms with Crippen LogP contribution in [-0.2, 0) is 6.42 Å². The van der Waals surface area contributed by atoms with Gasteiger partial charge in [-0.05, 0) is 31.7 Å². The molecule has 0 radical (unpaired) electrons. The fourth-order valence-corrected chi connectivity index (χ4v) is 3.85. The van der Waals surface area contributed by atoms with E-state index in [9.17, 15) is 0 Å². The molecule has 2 heterocycles. The van der Waals surface area contributed by atoms with Gasteiger partial charge in [0.25, 0.3) is 0 Å². The molecule has 0 saturated heterocycles. The first kappa shape index (κ1) is 6.74. The number of fused-ring (bicyclic) bond motifs is 1. The first-order valence-electron chi connectivity index (χ1n) is 3.43. The lowest BCUT2D eigenvalue weighted by Crippen LogP contribution is -2.11. The van der Waals surface area contributed by atoms with Crippen LogP contribution in [-0.4, -0.2) is 4.75 Å². The van der Waals surface area contributed by atoms with Gasteiger partial charge in [0.05, 0.1) is 0 Å². The van der Waals surface area contributed by atoms with Crippen molar-refractivity contribution < 1.29 is 0 Å². The summed E-state index contributed by atoms with van der Waals surface area (Å²) in [5.41, 5.74) is 0. The molecule has 0 aliphatic carbocycles. The molecule has 0 bridgehead atoms. The summed E-state index contributed by atoms with van der Waals surface area (Å²) in [6.07, 6.45) is 1.25. The van der Waals surface area contributed by atoms with E-state index in [1.165, 1.54) is 11.3 Å². The van der Waals surface area contributed by atoms with Gasteiger partial charge in [-0.3, -0.25) is 0 Å². The Morgan fingerprint density at radius 1 is 1.50 bits per heavy atom. The van der Waals surface area contributed by atoms with Crippen molar-refractivity contribution in [2.45, 2.75) is 29.9 Å². The number of hydrogen-bond donors (Lipinski definition) is 0. The lowest BCUT2D eigenvalue weighted by Gasteiger charge is -2.13. The Balaban J connectivity index is 2.37. The van der Waals surface area contributed by atoms with Crippen LogP contribution in [0.2, 0.25) is 0 Å². The van der Waals surface area contributed by atoms with Crippen LogP contribution in [0.15, 0.2) is 16.3 Å². The van der Waals surface area contributed by atoms with Crippen molar-refractivity contribution in [2.24, 2.45) is 0 Å². The van der Waals surface area contributed by atoms with E-state index in [-0.39, 0.29) is 0 Å². The highest BCUT2D eigenvalue weighted by Gasteiger charge is 2.29. The van der Waals surface area contributed by atoms with E-state index in [0.717, 1.165) is 0 Å². The Bertz CT molecular complexity index is 225. The first-order valence-corrected chi connectivity index (χ1v) is 5.12. The van der Waals surface area contributed by atoms with Crippen LogP contribution >= 0.6 is 23.1 Å². The molecule has 2 heteroatoms. The molecule has 0 atom stereocenters. The highest BCUT2D eigenvalue weighted by Crippen LogP contribution is 2.46. The second kappa shape index (κ2) is 2.02. The Hall–Kier alpha value is 0.0500. The Kier molecular flexibility index (Phi) is 1.36. The highest BCUT2D eigenvalue weighted by molar-refractivity contribution is 8.01. The molecule has 54 valence electrons. The van der Waals surface area contributed by atoms with Crippen molar-refractivity contribution in [3.63, 3.8) is 0 Å². The van der Waals surface area contributed by atoms with E-state index in [2.05, 4.69) is 25.3 Å². The van der Waals surface area contributed by atoms with Crippen molar-refractivity contribution in [1.29, 1.82) is 0 Å². The lowest BCUT2D eigenvalue weighted by atomic mass is 10.1. The molecule has 0 saturated carbocycles. The maximum Gasteiger partial charge on any atom is 0.0217 e. The van der Waals surface area contributed by atoms with E-state index in [4.69, 9.17) is 0 Å². The summed E-state index contributed by atoms with van der Waals surface area (Å²) in [4.78, 5) is 3.09. The minimum Gasteiger partial charge on any atom is -0.148 e. The normalized spacial score (nSPS) is 21.0. The first-order chi connectivity index (χ1) is 4.67. The number of thioether (sulfide) groups is 1. The van der Waals surface area contributed by atoms with Crippen LogP contribution in [0.3, 0.4) is 0 Å². The fraction of sp³-hybridized carbons (Fsp3) is 0.500. The second-order valence-electron chi connectivity index (χ2n) is 3.25. The van der Waals surface area contributed by atoms with Crippen LogP contribution in [0, 0.1) is 0 Å². The minimum atomic E-state index is 0.461. The Labute approximate surface area is 69.6 Å². The molecule has 0 amide bonds. The van der Waals surface area contributed by atoms with Gasteiger partial charge in [-0.1, -0.05) is 0 Å². The van der Waals surface area contributed by atoms with Gasteiger partial charge in [-0.2, -0.15) is 0 Å². The molecule has 1 aliphatic heterocycles. The van der Waals surface area contributed by atoms with Crippen molar-refractivity contribution in [3.8, 4) is 0 Å². The smallest absolute Gasteiger partial charge is 0.0217 e. The topological polar surface area (TPSA) is 0 Å².